The molecule has 0 radical (unpaired) electrons. The first-order valence-corrected chi connectivity index (χ1v) is 7.82. The van der Waals surface area contributed by atoms with Crippen molar-refractivity contribution < 1.29 is 14.7 Å². The van der Waals surface area contributed by atoms with Crippen LogP contribution < -0.4 is 10.6 Å². The maximum Gasteiger partial charge on any atom is 0.314 e. The molecule has 0 aliphatic heterocycles. The van der Waals surface area contributed by atoms with Crippen LogP contribution in [0.4, 0.5) is 4.79 Å². The van der Waals surface area contributed by atoms with Crippen molar-refractivity contribution >= 4 is 12.0 Å². The van der Waals surface area contributed by atoms with E-state index in [1.165, 1.54) is 12.8 Å². The van der Waals surface area contributed by atoms with Crippen molar-refractivity contribution in [3.63, 3.8) is 0 Å². The van der Waals surface area contributed by atoms with E-state index in [4.69, 9.17) is 5.11 Å². The number of hydrogen-bond acceptors (Lipinski definition) is 3. The summed E-state index contributed by atoms with van der Waals surface area (Å²) in [6, 6.07) is 0.485. The summed E-state index contributed by atoms with van der Waals surface area (Å²) >= 11 is 0. The molecule has 2 amide bonds. The average Bonchev–Trinajstić information content (AvgIpc) is 3.18. The Kier molecular flexibility index (Phi) is 7.50. The molecule has 0 saturated heterocycles. The molecule has 6 heteroatoms. The Morgan fingerprint density at radius 3 is 2.48 bits per heavy atom. The molecule has 0 bridgehead atoms. The summed E-state index contributed by atoms with van der Waals surface area (Å²) in [5.41, 5.74) is 0. The van der Waals surface area contributed by atoms with Gasteiger partial charge in [-0.2, -0.15) is 0 Å². The number of carboxylic acid groups (broad SMARTS) is 1. The molecule has 21 heavy (non-hydrogen) atoms. The van der Waals surface area contributed by atoms with Crippen LogP contribution in [-0.2, 0) is 4.79 Å². The number of carboxylic acids is 1. The van der Waals surface area contributed by atoms with Gasteiger partial charge in [0.2, 0.25) is 0 Å². The molecule has 0 aromatic carbocycles. The Bertz CT molecular complexity index is 343. The van der Waals surface area contributed by atoms with Crippen LogP contribution in [0.3, 0.4) is 0 Å². The second-order valence-electron chi connectivity index (χ2n) is 6.44. The van der Waals surface area contributed by atoms with Crippen LogP contribution in [0, 0.1) is 11.8 Å². The van der Waals surface area contributed by atoms with E-state index in [9.17, 15) is 9.59 Å². The zero-order valence-corrected chi connectivity index (χ0v) is 13.4. The lowest BCUT2D eigenvalue weighted by Crippen LogP contribution is -2.42. The number of carbonyl (C=O) groups excluding carboxylic acids is 1. The minimum absolute atomic E-state index is 0.0117. The molecular formula is C15H29N3O3. The van der Waals surface area contributed by atoms with Crippen LogP contribution in [-0.4, -0.2) is 54.7 Å². The van der Waals surface area contributed by atoms with Crippen molar-refractivity contribution in [2.75, 3.05) is 26.7 Å². The van der Waals surface area contributed by atoms with Crippen LogP contribution in [0.2, 0.25) is 0 Å². The molecule has 6 nitrogen and oxygen atoms in total. The van der Waals surface area contributed by atoms with E-state index in [-0.39, 0.29) is 18.4 Å². The van der Waals surface area contributed by atoms with Crippen LogP contribution in [0.1, 0.15) is 39.5 Å². The van der Waals surface area contributed by atoms with Crippen molar-refractivity contribution in [2.45, 2.75) is 45.6 Å². The summed E-state index contributed by atoms with van der Waals surface area (Å²) in [6.45, 7) is 6.00. The number of rotatable bonds is 10. The van der Waals surface area contributed by atoms with Crippen molar-refractivity contribution in [1.82, 2.24) is 15.5 Å². The predicted molar refractivity (Wildman–Crippen MR) is 82.3 cm³/mol. The average molecular weight is 299 g/mol. The van der Waals surface area contributed by atoms with E-state index < -0.39 is 5.97 Å². The number of likely N-dealkylation sites (N-methyl/N-ethyl adjacent to an activating group) is 1. The zero-order chi connectivity index (χ0) is 15.8. The highest BCUT2D eigenvalue weighted by Gasteiger charge is 2.25. The molecule has 122 valence electrons. The molecule has 1 fully saturated rings. The second kappa shape index (κ2) is 8.87. The molecule has 0 heterocycles. The Morgan fingerprint density at radius 2 is 1.95 bits per heavy atom. The maximum atomic E-state index is 11.7. The normalized spacial score (nSPS) is 16.0. The molecule has 0 aromatic rings. The fourth-order valence-corrected chi connectivity index (χ4v) is 2.50. The van der Waals surface area contributed by atoms with Gasteiger partial charge < -0.3 is 20.6 Å². The lowest BCUT2D eigenvalue weighted by atomic mass is 9.94. The highest BCUT2D eigenvalue weighted by atomic mass is 16.4. The molecule has 1 atom stereocenters. The predicted octanol–water partition coefficient (Wildman–Crippen LogP) is 1.52. The monoisotopic (exact) mass is 299 g/mol. The number of nitrogens with one attached hydrogen (secondary N) is 2. The smallest absolute Gasteiger partial charge is 0.314 e. The van der Waals surface area contributed by atoms with Crippen LogP contribution >= 0.6 is 0 Å². The van der Waals surface area contributed by atoms with Gasteiger partial charge in [0.15, 0.2) is 0 Å². The molecule has 3 N–H and O–H groups in total. The molecule has 0 spiro atoms. The van der Waals surface area contributed by atoms with Crippen molar-refractivity contribution in [3.05, 3.63) is 0 Å². The third kappa shape index (κ3) is 8.55. The van der Waals surface area contributed by atoms with Crippen LogP contribution in [0.15, 0.2) is 0 Å². The largest absolute Gasteiger partial charge is 0.481 e. The molecule has 0 aromatic heterocycles. The third-order valence-electron chi connectivity index (χ3n) is 3.74. The number of urea groups is 1. The zero-order valence-electron chi connectivity index (χ0n) is 13.4. The van der Waals surface area contributed by atoms with Crippen molar-refractivity contribution in [2.24, 2.45) is 11.8 Å². The lowest BCUT2D eigenvalue weighted by molar-refractivity contribution is -0.138. The first-order valence-electron chi connectivity index (χ1n) is 7.82. The van der Waals surface area contributed by atoms with Gasteiger partial charge in [-0.1, -0.05) is 13.8 Å². The summed E-state index contributed by atoms with van der Waals surface area (Å²) in [7, 11) is 2.07. The number of amides is 2. The van der Waals surface area contributed by atoms with E-state index in [0.29, 0.717) is 25.0 Å². The quantitative estimate of drug-likeness (QED) is 0.571. The van der Waals surface area contributed by atoms with E-state index in [1.54, 1.807) is 0 Å². The van der Waals surface area contributed by atoms with Crippen molar-refractivity contribution in [1.29, 1.82) is 0 Å². The van der Waals surface area contributed by atoms with E-state index in [1.807, 2.05) is 0 Å². The second-order valence-corrected chi connectivity index (χ2v) is 6.44. The van der Waals surface area contributed by atoms with Gasteiger partial charge in [0.05, 0.1) is 0 Å². The van der Waals surface area contributed by atoms with Gasteiger partial charge in [0, 0.05) is 32.1 Å². The van der Waals surface area contributed by atoms with E-state index in [2.05, 4.69) is 36.4 Å². The van der Waals surface area contributed by atoms with Gasteiger partial charge in [-0.05, 0) is 38.1 Å². The van der Waals surface area contributed by atoms with Gasteiger partial charge in [0.1, 0.15) is 0 Å². The number of hydrogen-bond donors (Lipinski definition) is 3. The Balaban J connectivity index is 2.16. The summed E-state index contributed by atoms with van der Waals surface area (Å²) < 4.78 is 0. The maximum absolute atomic E-state index is 11.7. The lowest BCUT2D eigenvalue weighted by Gasteiger charge is -2.19. The first kappa shape index (κ1) is 17.8. The SMILES string of the molecule is CC(C)C[C@H](CNC(=O)NCCN(C)C1CC1)CC(=O)O. The van der Waals surface area contributed by atoms with E-state index in [0.717, 1.165) is 13.0 Å². The highest BCUT2D eigenvalue weighted by Crippen LogP contribution is 2.24. The fourth-order valence-electron chi connectivity index (χ4n) is 2.50. The third-order valence-corrected chi connectivity index (χ3v) is 3.74. The molecule has 1 aliphatic rings. The summed E-state index contributed by atoms with van der Waals surface area (Å²) in [5, 5.41) is 14.5. The van der Waals surface area contributed by atoms with Gasteiger partial charge in [-0.3, -0.25) is 4.79 Å². The highest BCUT2D eigenvalue weighted by molar-refractivity contribution is 5.74. The Hall–Kier alpha value is -1.30. The van der Waals surface area contributed by atoms with Crippen molar-refractivity contribution in [3.8, 4) is 0 Å². The fraction of sp³-hybridized carbons (Fsp3) is 0.867. The molecule has 0 unspecified atom stereocenters. The summed E-state index contributed by atoms with van der Waals surface area (Å²) in [6.07, 6.45) is 3.42. The minimum atomic E-state index is -0.811. The number of carbonyl (C=O) groups is 2. The molecular weight excluding hydrogens is 270 g/mol. The van der Waals surface area contributed by atoms with Gasteiger partial charge in [-0.15, -0.1) is 0 Å². The Labute approximate surface area is 127 Å². The van der Waals surface area contributed by atoms with Gasteiger partial charge in [-0.25, -0.2) is 4.79 Å². The standard InChI is InChI=1S/C15H29N3O3/c1-11(2)8-12(9-14(19)20)10-17-15(21)16-6-7-18(3)13-4-5-13/h11-13H,4-10H2,1-3H3,(H,19,20)(H2,16,17,21)/t12-/m0/s1. The molecule has 1 saturated carbocycles. The van der Waals surface area contributed by atoms with Crippen LogP contribution in [0.5, 0.6) is 0 Å². The van der Waals surface area contributed by atoms with E-state index >= 15 is 0 Å². The first-order chi connectivity index (χ1) is 9.88. The van der Waals surface area contributed by atoms with Gasteiger partial charge >= 0.3 is 12.0 Å². The topological polar surface area (TPSA) is 81.7 Å². The number of aliphatic carboxylic acids is 1. The summed E-state index contributed by atoms with van der Waals surface area (Å²) in [4.78, 5) is 24.8. The van der Waals surface area contributed by atoms with Gasteiger partial charge in [0.25, 0.3) is 0 Å². The van der Waals surface area contributed by atoms with Crippen LogP contribution in [0.25, 0.3) is 0 Å². The molecule has 1 rings (SSSR count). The number of nitrogens with zero attached hydrogens (tertiary/aromatic N) is 1. The Morgan fingerprint density at radius 1 is 1.29 bits per heavy atom. The minimum Gasteiger partial charge on any atom is -0.481 e. The molecule has 1 aliphatic carbocycles. The summed E-state index contributed by atoms with van der Waals surface area (Å²) in [5.74, 6) is -0.400.